The topological polar surface area (TPSA) is 62.5 Å². The van der Waals surface area contributed by atoms with Gasteiger partial charge in [0.2, 0.25) is 16.0 Å². The van der Waals surface area contributed by atoms with Gasteiger partial charge in [-0.3, -0.25) is 4.79 Å². The minimum atomic E-state index is -0.292. The number of rotatable bonds is 5. The summed E-state index contributed by atoms with van der Waals surface area (Å²) in [6.45, 7) is 3.89. The molecule has 0 spiro atoms. The average Bonchev–Trinajstić information content (AvgIpc) is 3.38. The van der Waals surface area contributed by atoms with Gasteiger partial charge in [-0.1, -0.05) is 53.3 Å². The number of nitrogens with zero attached hydrogens (tertiary/aromatic N) is 4. The van der Waals surface area contributed by atoms with E-state index in [1.165, 1.54) is 17.7 Å². The van der Waals surface area contributed by atoms with E-state index in [4.69, 9.17) is 10.1 Å². The first-order valence-electron chi connectivity index (χ1n) is 10.8. The first-order valence-corrected chi connectivity index (χ1v) is 11.6. The molecule has 5 rings (SSSR count). The molecule has 32 heavy (non-hydrogen) atoms. The Morgan fingerprint density at radius 2 is 2.09 bits per heavy atom. The van der Waals surface area contributed by atoms with E-state index < -0.39 is 0 Å². The van der Waals surface area contributed by atoms with E-state index in [2.05, 4.69) is 41.4 Å². The number of hydrogen-bond donors (Lipinski definition) is 1. The van der Waals surface area contributed by atoms with Crippen molar-refractivity contribution in [3.05, 3.63) is 71.7 Å². The van der Waals surface area contributed by atoms with Gasteiger partial charge in [-0.25, -0.2) is 13.9 Å². The monoisotopic (exact) mass is 449 g/mol. The SMILES string of the molecule is Cc1ccc(-c2cn3nc(N4CCC[C@@H](C(=O)NCc5cccc(F)c5)C4)sc3n2)cc1. The predicted octanol–water partition coefficient (Wildman–Crippen LogP) is 4.44. The van der Waals surface area contributed by atoms with Crippen LogP contribution in [0.2, 0.25) is 0 Å². The summed E-state index contributed by atoms with van der Waals surface area (Å²) >= 11 is 1.54. The third kappa shape index (κ3) is 4.36. The lowest BCUT2D eigenvalue weighted by Gasteiger charge is -2.31. The number of piperidine rings is 1. The van der Waals surface area contributed by atoms with Crippen LogP contribution in [0.3, 0.4) is 0 Å². The Bertz CT molecular complexity index is 1220. The second-order valence-electron chi connectivity index (χ2n) is 8.24. The molecule has 164 valence electrons. The van der Waals surface area contributed by atoms with Crippen molar-refractivity contribution in [3.63, 3.8) is 0 Å². The van der Waals surface area contributed by atoms with Gasteiger partial charge < -0.3 is 10.2 Å². The molecule has 0 saturated carbocycles. The number of aromatic nitrogens is 3. The van der Waals surface area contributed by atoms with Crippen molar-refractivity contribution in [2.45, 2.75) is 26.3 Å². The van der Waals surface area contributed by atoms with Crippen molar-refractivity contribution in [1.82, 2.24) is 19.9 Å². The summed E-state index contributed by atoms with van der Waals surface area (Å²) in [5, 5.41) is 8.55. The first kappa shape index (κ1) is 20.6. The highest BCUT2D eigenvalue weighted by Gasteiger charge is 2.27. The van der Waals surface area contributed by atoms with Crippen LogP contribution in [0.1, 0.15) is 24.0 Å². The van der Waals surface area contributed by atoms with Crippen LogP contribution in [0.15, 0.2) is 54.7 Å². The van der Waals surface area contributed by atoms with Crippen LogP contribution in [-0.4, -0.2) is 33.6 Å². The van der Waals surface area contributed by atoms with Crippen LogP contribution in [0.4, 0.5) is 9.52 Å². The van der Waals surface area contributed by atoms with E-state index in [1.807, 2.05) is 16.8 Å². The van der Waals surface area contributed by atoms with Crippen molar-refractivity contribution < 1.29 is 9.18 Å². The zero-order valence-electron chi connectivity index (χ0n) is 17.8. The lowest BCUT2D eigenvalue weighted by Crippen LogP contribution is -2.43. The van der Waals surface area contributed by atoms with Crippen molar-refractivity contribution in [2.24, 2.45) is 5.92 Å². The highest BCUT2D eigenvalue weighted by molar-refractivity contribution is 7.20. The standard InChI is InChI=1S/C24H24FN5OS/c1-16-7-9-18(10-8-16)21-15-30-23(27-21)32-24(28-30)29-11-3-5-19(14-29)22(31)26-13-17-4-2-6-20(25)12-17/h2,4,6-10,12,15,19H,3,5,11,13-14H2,1H3,(H,26,31)/t19-/m1/s1. The van der Waals surface area contributed by atoms with Gasteiger partial charge in [0.1, 0.15) is 5.82 Å². The lowest BCUT2D eigenvalue weighted by molar-refractivity contribution is -0.125. The number of carbonyl (C=O) groups is 1. The van der Waals surface area contributed by atoms with E-state index in [1.54, 1.807) is 17.4 Å². The molecule has 1 aliphatic rings. The van der Waals surface area contributed by atoms with Gasteiger partial charge in [-0.05, 0) is 37.5 Å². The van der Waals surface area contributed by atoms with Crippen LogP contribution in [0, 0.1) is 18.7 Å². The van der Waals surface area contributed by atoms with Crippen LogP contribution in [0.5, 0.6) is 0 Å². The Hall–Kier alpha value is -3.26. The molecule has 1 atom stereocenters. The fraction of sp³-hybridized carbons (Fsp3) is 0.292. The number of imidazole rings is 1. The van der Waals surface area contributed by atoms with E-state index in [0.717, 1.165) is 46.3 Å². The maximum Gasteiger partial charge on any atom is 0.225 e. The third-order valence-electron chi connectivity index (χ3n) is 5.80. The van der Waals surface area contributed by atoms with Crippen LogP contribution < -0.4 is 10.2 Å². The Morgan fingerprint density at radius 1 is 1.25 bits per heavy atom. The number of amides is 1. The number of hydrogen-bond acceptors (Lipinski definition) is 5. The maximum atomic E-state index is 13.4. The number of carbonyl (C=O) groups excluding carboxylic acids is 1. The Morgan fingerprint density at radius 3 is 2.88 bits per heavy atom. The van der Waals surface area contributed by atoms with Gasteiger partial charge in [-0.15, -0.1) is 5.10 Å². The fourth-order valence-corrected chi connectivity index (χ4v) is 4.94. The molecule has 6 nitrogen and oxygen atoms in total. The summed E-state index contributed by atoms with van der Waals surface area (Å²) in [6.07, 6.45) is 3.72. The molecule has 0 unspecified atom stereocenters. The normalized spacial score (nSPS) is 16.4. The van der Waals surface area contributed by atoms with Crippen LogP contribution in [-0.2, 0) is 11.3 Å². The van der Waals surface area contributed by atoms with E-state index in [9.17, 15) is 9.18 Å². The smallest absolute Gasteiger partial charge is 0.225 e. The number of anilines is 1. The van der Waals surface area contributed by atoms with Gasteiger partial charge in [0, 0.05) is 25.2 Å². The first-order chi connectivity index (χ1) is 15.5. The summed E-state index contributed by atoms with van der Waals surface area (Å²) in [5.74, 6) is -0.404. The van der Waals surface area contributed by atoms with Crippen molar-refractivity contribution in [3.8, 4) is 11.3 Å². The van der Waals surface area contributed by atoms with Crippen molar-refractivity contribution in [1.29, 1.82) is 0 Å². The zero-order chi connectivity index (χ0) is 22.1. The zero-order valence-corrected chi connectivity index (χ0v) is 18.6. The predicted molar refractivity (Wildman–Crippen MR) is 124 cm³/mol. The van der Waals surface area contributed by atoms with E-state index in [-0.39, 0.29) is 17.6 Å². The van der Waals surface area contributed by atoms with Gasteiger partial charge in [-0.2, -0.15) is 0 Å². The molecular formula is C24H24FN5OS. The molecule has 8 heteroatoms. The Kier molecular flexibility index (Phi) is 5.61. The molecule has 3 heterocycles. The molecular weight excluding hydrogens is 425 g/mol. The number of aryl methyl sites for hydroxylation is 1. The molecule has 2 aromatic heterocycles. The molecule has 2 aromatic carbocycles. The molecule has 4 aromatic rings. The maximum absolute atomic E-state index is 13.4. The molecule has 0 radical (unpaired) electrons. The van der Waals surface area contributed by atoms with Crippen LogP contribution >= 0.6 is 11.3 Å². The number of fused-ring (bicyclic) bond motifs is 1. The molecule has 1 N–H and O–H groups in total. The molecule has 1 saturated heterocycles. The molecule has 0 aliphatic carbocycles. The summed E-state index contributed by atoms with van der Waals surface area (Å²) in [5.41, 5.74) is 3.96. The van der Waals surface area contributed by atoms with Gasteiger partial charge in [0.05, 0.1) is 17.8 Å². The molecule has 1 amide bonds. The molecule has 1 aliphatic heterocycles. The molecule has 1 fully saturated rings. The second kappa shape index (κ2) is 8.70. The fourth-order valence-electron chi connectivity index (χ4n) is 4.03. The van der Waals surface area contributed by atoms with Crippen LogP contribution in [0.25, 0.3) is 16.2 Å². The largest absolute Gasteiger partial charge is 0.352 e. The number of nitrogens with one attached hydrogen (secondary N) is 1. The lowest BCUT2D eigenvalue weighted by atomic mass is 9.97. The third-order valence-corrected chi connectivity index (χ3v) is 6.78. The minimum absolute atomic E-state index is 0.00181. The number of halogens is 1. The highest BCUT2D eigenvalue weighted by atomic mass is 32.1. The number of benzene rings is 2. The summed E-state index contributed by atoms with van der Waals surface area (Å²) in [6, 6.07) is 14.6. The Labute approximate surface area is 189 Å². The summed E-state index contributed by atoms with van der Waals surface area (Å²) < 4.78 is 15.2. The van der Waals surface area contributed by atoms with Gasteiger partial charge >= 0.3 is 0 Å². The second-order valence-corrected chi connectivity index (χ2v) is 9.17. The van der Waals surface area contributed by atoms with Gasteiger partial charge in [0.15, 0.2) is 0 Å². The average molecular weight is 450 g/mol. The summed E-state index contributed by atoms with van der Waals surface area (Å²) in [4.78, 5) is 20.5. The van der Waals surface area contributed by atoms with E-state index in [0.29, 0.717) is 13.1 Å². The quantitative estimate of drug-likeness (QED) is 0.489. The molecule has 0 bridgehead atoms. The van der Waals surface area contributed by atoms with Gasteiger partial charge in [0.25, 0.3) is 0 Å². The summed E-state index contributed by atoms with van der Waals surface area (Å²) in [7, 11) is 0. The van der Waals surface area contributed by atoms with E-state index >= 15 is 0 Å². The van der Waals surface area contributed by atoms with Crippen molar-refractivity contribution >= 4 is 27.3 Å². The highest BCUT2D eigenvalue weighted by Crippen LogP contribution is 2.30. The minimum Gasteiger partial charge on any atom is -0.352 e. The Balaban J connectivity index is 1.25. The van der Waals surface area contributed by atoms with Crippen molar-refractivity contribution in [2.75, 3.05) is 18.0 Å².